The fourth-order valence-electron chi connectivity index (χ4n) is 2.40. The van der Waals surface area contributed by atoms with Crippen LogP contribution in [-0.2, 0) is 14.8 Å². The molecule has 2 aromatic rings. The molecule has 0 amide bonds. The van der Waals surface area contributed by atoms with Crippen LogP contribution in [0.25, 0.3) is 0 Å². The molecule has 1 fully saturated rings. The van der Waals surface area contributed by atoms with Gasteiger partial charge < -0.3 is 9.72 Å². The van der Waals surface area contributed by atoms with Crippen LogP contribution in [0.1, 0.15) is 17.6 Å². The largest absolute Gasteiger partial charge is 0.368 e. The van der Waals surface area contributed by atoms with Crippen molar-refractivity contribution >= 4 is 10.0 Å². The van der Waals surface area contributed by atoms with Crippen LogP contribution in [0, 0.1) is 12.7 Å². The molecule has 1 unspecified atom stereocenters. The highest BCUT2D eigenvalue weighted by Crippen LogP contribution is 2.26. The molecule has 1 saturated heterocycles. The van der Waals surface area contributed by atoms with Crippen LogP contribution in [0.5, 0.6) is 0 Å². The molecule has 1 aromatic heterocycles. The van der Waals surface area contributed by atoms with Crippen LogP contribution in [-0.4, -0.2) is 42.4 Å². The number of morpholine rings is 1. The fraction of sp³-hybridized carbons (Fsp3) is 0.357. The quantitative estimate of drug-likeness (QED) is 0.930. The van der Waals surface area contributed by atoms with Gasteiger partial charge in [0.2, 0.25) is 10.0 Å². The molecule has 118 valence electrons. The Morgan fingerprint density at radius 2 is 2.18 bits per heavy atom. The SMILES string of the molecule is Cc1cnc(C2CN(S(=O)(=O)c3ccccc3F)CCO2)[nH]1. The lowest BCUT2D eigenvalue weighted by Crippen LogP contribution is -2.42. The van der Waals surface area contributed by atoms with E-state index in [0.717, 1.165) is 11.8 Å². The van der Waals surface area contributed by atoms with Gasteiger partial charge in [0, 0.05) is 25.0 Å². The molecule has 1 N–H and O–H groups in total. The van der Waals surface area contributed by atoms with Crippen LogP contribution >= 0.6 is 0 Å². The second-order valence-corrected chi connectivity index (χ2v) is 7.01. The second kappa shape index (κ2) is 5.79. The van der Waals surface area contributed by atoms with Crippen LogP contribution in [0.15, 0.2) is 35.4 Å². The Bertz CT molecular complexity index is 775. The van der Waals surface area contributed by atoms with Crippen molar-refractivity contribution in [1.82, 2.24) is 14.3 Å². The number of imidazole rings is 1. The van der Waals surface area contributed by atoms with E-state index in [0.29, 0.717) is 5.82 Å². The van der Waals surface area contributed by atoms with Gasteiger partial charge in [-0.3, -0.25) is 0 Å². The Balaban J connectivity index is 1.87. The second-order valence-electron chi connectivity index (χ2n) is 5.10. The summed E-state index contributed by atoms with van der Waals surface area (Å²) in [6, 6.07) is 5.37. The van der Waals surface area contributed by atoms with Gasteiger partial charge in [0.25, 0.3) is 0 Å². The highest BCUT2D eigenvalue weighted by atomic mass is 32.2. The Labute approximate surface area is 128 Å². The number of ether oxygens (including phenoxy) is 1. The van der Waals surface area contributed by atoms with E-state index in [2.05, 4.69) is 9.97 Å². The number of nitrogens with one attached hydrogen (secondary N) is 1. The minimum absolute atomic E-state index is 0.101. The molecule has 3 rings (SSSR count). The topological polar surface area (TPSA) is 75.3 Å². The minimum Gasteiger partial charge on any atom is -0.368 e. The summed E-state index contributed by atoms with van der Waals surface area (Å²) in [5, 5.41) is 0. The number of aromatic nitrogens is 2. The van der Waals surface area contributed by atoms with Crippen molar-refractivity contribution in [1.29, 1.82) is 0 Å². The number of sulfonamides is 1. The van der Waals surface area contributed by atoms with E-state index in [1.54, 1.807) is 6.20 Å². The van der Waals surface area contributed by atoms with Crippen molar-refractivity contribution in [3.05, 3.63) is 47.8 Å². The molecular weight excluding hydrogens is 309 g/mol. The monoisotopic (exact) mass is 325 g/mol. The normalized spacial score (nSPS) is 20.2. The number of hydrogen-bond acceptors (Lipinski definition) is 4. The number of rotatable bonds is 3. The summed E-state index contributed by atoms with van der Waals surface area (Å²) in [5.74, 6) is -0.176. The molecule has 1 aromatic carbocycles. The predicted octanol–water partition coefficient (Wildman–Crippen LogP) is 1.62. The van der Waals surface area contributed by atoms with Gasteiger partial charge in [-0.05, 0) is 19.1 Å². The molecule has 0 aliphatic carbocycles. The summed E-state index contributed by atoms with van der Waals surface area (Å²) >= 11 is 0. The highest BCUT2D eigenvalue weighted by molar-refractivity contribution is 7.89. The van der Waals surface area contributed by atoms with Crippen LogP contribution in [0.2, 0.25) is 0 Å². The standard InChI is InChI=1S/C14H16FN3O3S/c1-10-8-16-14(17-10)12-9-18(6-7-21-12)22(19,20)13-5-3-2-4-11(13)15/h2-5,8,12H,6-7,9H2,1H3,(H,16,17). The number of hydrogen-bond donors (Lipinski definition) is 1. The van der Waals surface area contributed by atoms with Crippen molar-refractivity contribution < 1.29 is 17.5 Å². The van der Waals surface area contributed by atoms with E-state index in [1.807, 2.05) is 6.92 Å². The van der Waals surface area contributed by atoms with Crippen LogP contribution in [0.3, 0.4) is 0 Å². The number of H-pyrrole nitrogens is 1. The maximum atomic E-state index is 13.8. The smallest absolute Gasteiger partial charge is 0.246 e. The Morgan fingerprint density at radius 3 is 2.86 bits per heavy atom. The van der Waals surface area contributed by atoms with Gasteiger partial charge in [0.15, 0.2) is 0 Å². The fourth-order valence-corrected chi connectivity index (χ4v) is 3.89. The van der Waals surface area contributed by atoms with Crippen molar-refractivity contribution in [2.75, 3.05) is 19.7 Å². The number of nitrogens with zero attached hydrogens (tertiary/aromatic N) is 2. The van der Waals surface area contributed by atoms with Crippen molar-refractivity contribution in [2.45, 2.75) is 17.9 Å². The molecule has 0 saturated carbocycles. The molecular formula is C14H16FN3O3S. The molecule has 0 spiro atoms. The maximum absolute atomic E-state index is 13.8. The van der Waals surface area contributed by atoms with E-state index in [4.69, 9.17) is 4.74 Å². The number of aryl methyl sites for hydroxylation is 1. The molecule has 0 bridgehead atoms. The summed E-state index contributed by atoms with van der Waals surface area (Å²) in [4.78, 5) is 6.89. The maximum Gasteiger partial charge on any atom is 0.246 e. The van der Waals surface area contributed by atoms with E-state index in [9.17, 15) is 12.8 Å². The van der Waals surface area contributed by atoms with Gasteiger partial charge in [-0.15, -0.1) is 0 Å². The third-order valence-electron chi connectivity index (χ3n) is 3.51. The number of halogens is 1. The summed E-state index contributed by atoms with van der Waals surface area (Å²) in [5.41, 5.74) is 0.868. The van der Waals surface area contributed by atoms with E-state index < -0.39 is 21.9 Å². The first-order chi connectivity index (χ1) is 10.5. The predicted molar refractivity (Wildman–Crippen MR) is 77.2 cm³/mol. The van der Waals surface area contributed by atoms with Gasteiger partial charge in [0.1, 0.15) is 22.6 Å². The van der Waals surface area contributed by atoms with Gasteiger partial charge in [0.05, 0.1) is 6.61 Å². The van der Waals surface area contributed by atoms with E-state index >= 15 is 0 Å². The molecule has 1 aliphatic heterocycles. The van der Waals surface area contributed by atoms with E-state index in [-0.39, 0.29) is 24.6 Å². The zero-order valence-electron chi connectivity index (χ0n) is 12.0. The molecule has 6 nitrogen and oxygen atoms in total. The average molecular weight is 325 g/mol. The lowest BCUT2D eigenvalue weighted by Gasteiger charge is -2.31. The summed E-state index contributed by atoms with van der Waals surface area (Å²) in [7, 11) is -3.89. The van der Waals surface area contributed by atoms with Gasteiger partial charge in [-0.1, -0.05) is 12.1 Å². The van der Waals surface area contributed by atoms with Gasteiger partial charge in [-0.2, -0.15) is 4.31 Å². The molecule has 8 heteroatoms. The first-order valence-electron chi connectivity index (χ1n) is 6.86. The van der Waals surface area contributed by atoms with Gasteiger partial charge in [-0.25, -0.2) is 17.8 Å². The lowest BCUT2D eigenvalue weighted by molar-refractivity contribution is -0.00716. The lowest BCUT2D eigenvalue weighted by atomic mass is 10.3. The third-order valence-corrected chi connectivity index (χ3v) is 5.41. The first kappa shape index (κ1) is 15.1. The molecule has 0 radical (unpaired) electrons. The number of benzene rings is 1. The third kappa shape index (κ3) is 2.77. The zero-order chi connectivity index (χ0) is 15.7. The molecule has 2 heterocycles. The van der Waals surface area contributed by atoms with E-state index in [1.165, 1.54) is 22.5 Å². The summed E-state index contributed by atoms with van der Waals surface area (Å²) < 4.78 is 45.8. The van der Waals surface area contributed by atoms with Crippen molar-refractivity contribution in [3.8, 4) is 0 Å². The van der Waals surface area contributed by atoms with Crippen molar-refractivity contribution in [3.63, 3.8) is 0 Å². The van der Waals surface area contributed by atoms with Crippen molar-refractivity contribution in [2.24, 2.45) is 0 Å². The average Bonchev–Trinajstić information content (AvgIpc) is 2.94. The zero-order valence-corrected chi connectivity index (χ0v) is 12.8. The Morgan fingerprint density at radius 1 is 1.41 bits per heavy atom. The highest BCUT2D eigenvalue weighted by Gasteiger charge is 2.33. The van der Waals surface area contributed by atoms with Crippen LogP contribution < -0.4 is 0 Å². The summed E-state index contributed by atoms with van der Waals surface area (Å²) in [6.45, 7) is 2.38. The molecule has 22 heavy (non-hydrogen) atoms. The summed E-state index contributed by atoms with van der Waals surface area (Å²) in [6.07, 6.45) is 1.17. The Kier molecular flexibility index (Phi) is 3.98. The Hall–Kier alpha value is -1.77. The molecule has 1 atom stereocenters. The molecule has 1 aliphatic rings. The van der Waals surface area contributed by atoms with Crippen LogP contribution in [0.4, 0.5) is 4.39 Å². The minimum atomic E-state index is -3.89. The van der Waals surface area contributed by atoms with Gasteiger partial charge >= 0.3 is 0 Å². The first-order valence-corrected chi connectivity index (χ1v) is 8.30. The number of aromatic amines is 1.